The third-order valence-corrected chi connectivity index (χ3v) is 4.84. The van der Waals surface area contributed by atoms with E-state index < -0.39 is 87.3 Å². The summed E-state index contributed by atoms with van der Waals surface area (Å²) >= 11 is 0. The van der Waals surface area contributed by atoms with Gasteiger partial charge in [-0.05, 0) is 64.0 Å². The van der Waals surface area contributed by atoms with Gasteiger partial charge >= 0.3 is 0 Å². The van der Waals surface area contributed by atoms with Gasteiger partial charge in [0.1, 0.15) is 11.6 Å². The fraction of sp³-hybridized carbons (Fsp3) is 0.522. The molecular formula is C23H27FN4O2. The maximum Gasteiger partial charge on any atom is 0.256 e. The molecule has 6 nitrogen and oxygen atoms in total. The topological polar surface area (TPSA) is 64.2 Å². The van der Waals surface area contributed by atoms with Gasteiger partial charge in [-0.15, -0.1) is 0 Å². The third kappa shape index (κ3) is 3.55. The van der Waals surface area contributed by atoms with Crippen LogP contribution in [0.15, 0.2) is 27.5 Å². The van der Waals surface area contributed by atoms with E-state index in [2.05, 4.69) is 10.1 Å². The van der Waals surface area contributed by atoms with Crippen LogP contribution in [0.5, 0.6) is 0 Å². The van der Waals surface area contributed by atoms with Gasteiger partial charge in [0.15, 0.2) is 5.58 Å². The number of hydrogen-bond acceptors (Lipinski definition) is 5. The lowest BCUT2D eigenvalue weighted by Crippen LogP contribution is -2.37. The van der Waals surface area contributed by atoms with Crippen LogP contribution in [0.25, 0.3) is 11.0 Å². The number of rotatable bonds is 4. The van der Waals surface area contributed by atoms with Gasteiger partial charge in [-0.2, -0.15) is 0 Å². The van der Waals surface area contributed by atoms with Crippen molar-refractivity contribution in [1.29, 1.82) is 0 Å². The molecule has 0 aliphatic carbocycles. The number of hydrogen-bond donors (Lipinski definition) is 0. The zero-order valence-corrected chi connectivity index (χ0v) is 15.8. The summed E-state index contributed by atoms with van der Waals surface area (Å²) in [4.78, 5) is 17.9. The number of nitrogens with zero attached hydrogens (tertiary/aromatic N) is 4. The van der Waals surface area contributed by atoms with E-state index in [4.69, 9.17) is 25.1 Å². The Morgan fingerprint density at radius 3 is 2.97 bits per heavy atom. The van der Waals surface area contributed by atoms with Crippen molar-refractivity contribution in [3.05, 3.63) is 57.1 Å². The lowest BCUT2D eigenvalue weighted by molar-refractivity contribution is 0.211. The molecule has 1 aromatic carbocycles. The molecular weight excluding hydrogens is 383 g/mol. The molecule has 30 heavy (non-hydrogen) atoms. The quantitative estimate of drug-likeness (QED) is 0.639. The zero-order chi connectivity index (χ0) is 34.1. The SMILES string of the molecule is [2H]C1([2H])Cc2nc(C)c(CCN3C([2H])([2H])C([2H])([2H])C([2H])(c4noc5cc(F)ccc45)C([2H])([2H])C3([2H])[2H])c(=O)n2C([2H])([2H])C1([2H])[2H]. The second-order valence-electron chi connectivity index (χ2n) is 6.74. The van der Waals surface area contributed by atoms with Gasteiger partial charge in [0, 0.05) is 68.6 Å². The second kappa shape index (κ2) is 7.95. The Morgan fingerprint density at radius 1 is 1.30 bits per heavy atom. The highest BCUT2D eigenvalue weighted by molar-refractivity contribution is 5.79. The van der Waals surface area contributed by atoms with Gasteiger partial charge in [0.05, 0.1) is 5.69 Å². The van der Waals surface area contributed by atoms with Gasteiger partial charge < -0.3 is 9.42 Å². The largest absolute Gasteiger partial charge is 0.356 e. The minimum absolute atomic E-state index is 0.0828. The highest BCUT2D eigenvalue weighted by Gasteiger charge is 2.25. The fourth-order valence-electron chi connectivity index (χ4n) is 3.31. The molecule has 2 aromatic heterocycles. The molecule has 0 spiro atoms. The summed E-state index contributed by atoms with van der Waals surface area (Å²) in [5, 5.41) is 3.33. The number of likely N-dealkylation sites (tertiary alicyclic amines) is 1. The molecule has 0 bridgehead atoms. The van der Waals surface area contributed by atoms with E-state index in [-0.39, 0.29) is 33.0 Å². The summed E-state index contributed by atoms with van der Waals surface area (Å²) in [7, 11) is 0. The molecule has 3 aromatic rings. The molecule has 0 radical (unpaired) electrons. The first-order valence-electron chi connectivity index (χ1n) is 16.7. The van der Waals surface area contributed by atoms with Crippen LogP contribution in [0.1, 0.15) is 74.7 Å². The Hall–Kier alpha value is -2.54. The molecule has 0 saturated carbocycles. The van der Waals surface area contributed by atoms with E-state index >= 15 is 0 Å². The first kappa shape index (κ1) is 8.91. The normalized spacial score (nSPS) is 38.3. The number of aryl methyl sites for hydroxylation is 2. The number of piperidine rings is 1. The van der Waals surface area contributed by atoms with E-state index in [1.165, 1.54) is 6.92 Å². The van der Waals surface area contributed by atoms with Gasteiger partial charge in [0.25, 0.3) is 5.56 Å². The molecule has 1 fully saturated rings. The minimum atomic E-state index is -3.59. The standard InChI is InChI=1S/C23H27FN4O2/c1-15-18(23(29)28-10-3-2-4-21(28)25-15)9-13-27-11-7-16(8-12-27)22-19-6-5-17(24)14-20(19)30-26-22/h5-6,14,16H,2-4,7-13H2,1H3/i2D2,3D2,7D2,8D2,10D2,11D2,12D2,16D. The summed E-state index contributed by atoms with van der Waals surface area (Å²) in [5.41, 5.74) is -2.69. The van der Waals surface area contributed by atoms with Crippen LogP contribution in [0.3, 0.4) is 0 Å². The molecule has 0 N–H and O–H groups in total. The third-order valence-electron chi connectivity index (χ3n) is 4.84. The summed E-state index contributed by atoms with van der Waals surface area (Å²) < 4.78 is 147. The summed E-state index contributed by atoms with van der Waals surface area (Å²) in [6, 6.07) is 2.78. The van der Waals surface area contributed by atoms with Crippen LogP contribution in [0, 0.1) is 12.7 Å². The summed E-state index contributed by atoms with van der Waals surface area (Å²) in [6.45, 7) is -9.79. The van der Waals surface area contributed by atoms with Crippen molar-refractivity contribution in [3.8, 4) is 0 Å². The first-order valence-corrected chi connectivity index (χ1v) is 9.18. The van der Waals surface area contributed by atoms with E-state index in [0.717, 1.165) is 18.2 Å². The Bertz CT molecular complexity index is 1740. The average molecular weight is 426 g/mol. The molecule has 2 aliphatic heterocycles. The van der Waals surface area contributed by atoms with Crippen LogP contribution in [0.2, 0.25) is 0 Å². The maximum absolute atomic E-state index is 13.8. The molecule has 4 heterocycles. The van der Waals surface area contributed by atoms with Crippen LogP contribution >= 0.6 is 0 Å². The van der Waals surface area contributed by atoms with Crippen LogP contribution < -0.4 is 5.56 Å². The molecule has 0 unspecified atom stereocenters. The summed E-state index contributed by atoms with van der Waals surface area (Å²) in [6.07, 6.45) is -14.5. The Morgan fingerprint density at radius 2 is 2.13 bits per heavy atom. The smallest absolute Gasteiger partial charge is 0.256 e. The van der Waals surface area contributed by atoms with Gasteiger partial charge in [0.2, 0.25) is 0 Å². The van der Waals surface area contributed by atoms with Crippen molar-refractivity contribution in [1.82, 2.24) is 19.6 Å². The Balaban J connectivity index is 1.60. The monoisotopic (exact) mass is 425 g/mol. The maximum atomic E-state index is 13.8. The van der Waals surface area contributed by atoms with Crippen LogP contribution in [-0.2, 0) is 19.3 Å². The molecule has 158 valence electrons. The zero-order valence-electron chi connectivity index (χ0n) is 30.8. The van der Waals surface area contributed by atoms with E-state index in [1.807, 2.05) is 0 Å². The predicted octanol–water partition coefficient (Wildman–Crippen LogP) is 3.59. The van der Waals surface area contributed by atoms with Gasteiger partial charge in [-0.1, -0.05) is 5.16 Å². The van der Waals surface area contributed by atoms with E-state index in [0.29, 0.717) is 4.57 Å². The predicted molar refractivity (Wildman–Crippen MR) is 112 cm³/mol. The fourth-order valence-corrected chi connectivity index (χ4v) is 3.31. The van der Waals surface area contributed by atoms with Crippen LogP contribution in [0.4, 0.5) is 4.39 Å². The van der Waals surface area contributed by atoms with Crippen molar-refractivity contribution in [3.63, 3.8) is 0 Å². The van der Waals surface area contributed by atoms with Crippen molar-refractivity contribution in [2.75, 3.05) is 19.5 Å². The molecule has 2 aliphatic rings. The Kier molecular flexibility index (Phi) is 2.36. The lowest BCUT2D eigenvalue weighted by atomic mass is 9.91. The van der Waals surface area contributed by atoms with E-state index in [1.54, 1.807) is 0 Å². The molecule has 0 amide bonds. The molecule has 7 heteroatoms. The molecule has 0 atom stereocenters. The summed E-state index contributed by atoms with van der Waals surface area (Å²) in [5.74, 6) is -4.60. The first-order chi connectivity index (χ1) is 20.2. The van der Waals surface area contributed by atoms with Gasteiger partial charge in [-0.3, -0.25) is 9.36 Å². The van der Waals surface area contributed by atoms with Crippen molar-refractivity contribution < 1.29 is 29.5 Å². The van der Waals surface area contributed by atoms with Crippen LogP contribution in [-0.4, -0.2) is 39.1 Å². The number of fused-ring (bicyclic) bond motifs is 2. The van der Waals surface area contributed by atoms with Crippen molar-refractivity contribution in [2.45, 2.75) is 57.6 Å². The minimum Gasteiger partial charge on any atom is -0.356 e. The van der Waals surface area contributed by atoms with Crippen molar-refractivity contribution >= 4 is 11.0 Å². The lowest BCUT2D eigenvalue weighted by Gasteiger charge is -2.31. The molecule has 5 rings (SSSR count). The van der Waals surface area contributed by atoms with Gasteiger partial charge in [-0.25, -0.2) is 9.37 Å². The number of benzene rings is 1. The number of halogens is 1. The highest BCUT2D eigenvalue weighted by Crippen LogP contribution is 2.32. The number of aromatic nitrogens is 3. The van der Waals surface area contributed by atoms with E-state index in [9.17, 15) is 9.18 Å². The molecule has 1 saturated heterocycles. The highest BCUT2D eigenvalue weighted by atomic mass is 19.1. The van der Waals surface area contributed by atoms with Crippen molar-refractivity contribution in [2.24, 2.45) is 0 Å². The average Bonchev–Trinajstić information content (AvgIpc) is 3.30. The Labute approximate surface area is 195 Å². The second-order valence-corrected chi connectivity index (χ2v) is 6.74.